The smallest absolute Gasteiger partial charge is 0.446 e. The van der Waals surface area contributed by atoms with Gasteiger partial charge in [-0.3, -0.25) is 0 Å². The maximum absolute atomic E-state index is 12.4. The average Bonchev–Trinajstić information content (AvgIpc) is 2.35. The summed E-state index contributed by atoms with van der Waals surface area (Å²) >= 11 is -0.473. The van der Waals surface area contributed by atoms with Crippen molar-refractivity contribution in [3.05, 3.63) is 28.8 Å². The van der Waals surface area contributed by atoms with Gasteiger partial charge in [0.15, 0.2) is 0 Å². The van der Waals surface area contributed by atoms with E-state index < -0.39 is 23.2 Å². The summed E-state index contributed by atoms with van der Waals surface area (Å²) in [5.41, 5.74) is 0.840. The summed E-state index contributed by atoms with van der Waals surface area (Å²) in [6, 6.07) is 3.89. The van der Waals surface area contributed by atoms with E-state index in [1.807, 2.05) is 0 Å². The molecule has 0 fully saturated rings. The van der Waals surface area contributed by atoms with Gasteiger partial charge in [-0.15, -0.1) is 0 Å². The highest BCUT2D eigenvalue weighted by atomic mass is 32.2. The van der Waals surface area contributed by atoms with Crippen molar-refractivity contribution < 1.29 is 22.7 Å². The topological polar surface area (TPSA) is 76.1 Å². The number of halogens is 3. The van der Waals surface area contributed by atoms with Gasteiger partial charge in [-0.05, 0) is 29.5 Å². The first-order valence-corrected chi connectivity index (χ1v) is 5.75. The number of hydrogen-bond acceptors (Lipinski definition) is 5. The number of ether oxygens (including phenoxy) is 1. The van der Waals surface area contributed by atoms with Gasteiger partial charge in [-0.2, -0.15) is 18.4 Å². The molecular formula is C11H9F3N2O2S. The van der Waals surface area contributed by atoms with E-state index in [1.54, 1.807) is 6.07 Å². The van der Waals surface area contributed by atoms with Crippen molar-refractivity contribution in [2.45, 2.75) is 16.9 Å². The second-order valence-electron chi connectivity index (χ2n) is 3.36. The third-order valence-electron chi connectivity index (χ3n) is 2.18. The van der Waals surface area contributed by atoms with E-state index in [-0.39, 0.29) is 28.1 Å². The van der Waals surface area contributed by atoms with E-state index in [4.69, 9.17) is 11.0 Å². The Balaban J connectivity index is 3.41. The largest absolute Gasteiger partial charge is 0.465 e. The van der Waals surface area contributed by atoms with Gasteiger partial charge in [0.05, 0.1) is 24.3 Å². The minimum atomic E-state index is -4.57. The van der Waals surface area contributed by atoms with Crippen LogP contribution in [0.3, 0.4) is 0 Å². The van der Waals surface area contributed by atoms with E-state index in [0.29, 0.717) is 0 Å². The van der Waals surface area contributed by atoms with E-state index >= 15 is 0 Å². The molecule has 4 nitrogen and oxygen atoms in total. The number of carbonyl (C=O) groups excluding carboxylic acids is 1. The fourth-order valence-electron chi connectivity index (χ4n) is 1.38. The number of thioether (sulfide) groups is 1. The lowest BCUT2D eigenvalue weighted by Crippen LogP contribution is -2.10. The lowest BCUT2D eigenvalue weighted by Gasteiger charge is -2.12. The number of alkyl halides is 3. The third kappa shape index (κ3) is 3.87. The highest BCUT2D eigenvalue weighted by molar-refractivity contribution is 8.00. The monoisotopic (exact) mass is 290 g/mol. The Morgan fingerprint density at radius 1 is 1.53 bits per heavy atom. The molecule has 1 aromatic carbocycles. The lowest BCUT2D eigenvalue weighted by molar-refractivity contribution is -0.0328. The number of esters is 1. The first kappa shape index (κ1) is 15.3. The standard InChI is InChI=1S/C11H9F3N2O2S/c1-18-10(17)8-2-6(4-15)7(5-16)3-9(8)19-11(12,13)14/h2-3H,4,15H2,1H3. The van der Waals surface area contributed by atoms with Crippen molar-refractivity contribution in [1.82, 2.24) is 0 Å². The van der Waals surface area contributed by atoms with Crippen LogP contribution in [0.1, 0.15) is 21.5 Å². The molecule has 0 aliphatic carbocycles. The molecule has 0 amide bonds. The predicted octanol–water partition coefficient (Wildman–Crippen LogP) is 2.42. The van der Waals surface area contributed by atoms with Crippen LogP contribution in [0.4, 0.5) is 13.2 Å². The Hall–Kier alpha value is -1.72. The van der Waals surface area contributed by atoms with Gasteiger partial charge in [0.1, 0.15) is 0 Å². The molecule has 0 aromatic heterocycles. The Morgan fingerprint density at radius 3 is 2.58 bits per heavy atom. The summed E-state index contributed by atoms with van der Waals surface area (Å²) in [6.07, 6.45) is 0. The number of benzene rings is 1. The first-order chi connectivity index (χ1) is 8.82. The molecule has 0 saturated heterocycles. The van der Waals surface area contributed by atoms with Crippen molar-refractivity contribution in [2.24, 2.45) is 5.73 Å². The summed E-state index contributed by atoms with van der Waals surface area (Å²) in [6.45, 7) is -0.0656. The van der Waals surface area contributed by atoms with E-state index in [9.17, 15) is 18.0 Å². The van der Waals surface area contributed by atoms with Gasteiger partial charge in [-0.25, -0.2) is 4.79 Å². The third-order valence-corrected chi connectivity index (χ3v) is 2.97. The van der Waals surface area contributed by atoms with Crippen LogP contribution < -0.4 is 5.73 Å². The van der Waals surface area contributed by atoms with E-state index in [1.165, 1.54) is 0 Å². The highest BCUT2D eigenvalue weighted by Gasteiger charge is 2.32. The summed E-state index contributed by atoms with van der Waals surface area (Å²) in [5.74, 6) is -0.911. The number of rotatable bonds is 3. The van der Waals surface area contributed by atoms with Gasteiger partial charge in [0.25, 0.3) is 0 Å². The van der Waals surface area contributed by atoms with Crippen LogP contribution in [-0.2, 0) is 11.3 Å². The van der Waals surface area contributed by atoms with Crippen LogP contribution in [-0.4, -0.2) is 18.6 Å². The zero-order chi connectivity index (χ0) is 14.6. The Kier molecular flexibility index (Phi) is 4.80. The molecule has 2 N–H and O–H groups in total. The minimum Gasteiger partial charge on any atom is -0.465 e. The van der Waals surface area contributed by atoms with Crippen molar-refractivity contribution in [1.29, 1.82) is 5.26 Å². The van der Waals surface area contributed by atoms with Gasteiger partial charge >= 0.3 is 11.5 Å². The molecule has 102 valence electrons. The molecule has 0 heterocycles. The van der Waals surface area contributed by atoms with Gasteiger partial charge < -0.3 is 10.5 Å². The van der Waals surface area contributed by atoms with E-state index in [0.717, 1.165) is 19.2 Å². The Bertz CT molecular complexity index is 538. The van der Waals surface area contributed by atoms with Crippen molar-refractivity contribution >= 4 is 17.7 Å². The molecule has 0 saturated carbocycles. The Morgan fingerprint density at radius 2 is 2.16 bits per heavy atom. The zero-order valence-corrected chi connectivity index (χ0v) is 10.6. The molecular weight excluding hydrogens is 281 g/mol. The van der Waals surface area contributed by atoms with Crippen molar-refractivity contribution in [2.75, 3.05) is 7.11 Å². The van der Waals surface area contributed by atoms with Gasteiger partial charge in [0, 0.05) is 11.4 Å². The molecule has 0 unspecified atom stereocenters. The SMILES string of the molecule is COC(=O)c1cc(CN)c(C#N)cc1SC(F)(F)F. The number of nitriles is 1. The second-order valence-corrected chi connectivity index (χ2v) is 4.47. The van der Waals surface area contributed by atoms with Crippen LogP contribution in [0.5, 0.6) is 0 Å². The van der Waals surface area contributed by atoms with Crippen LogP contribution in [0, 0.1) is 11.3 Å². The van der Waals surface area contributed by atoms with Gasteiger partial charge in [0.2, 0.25) is 0 Å². The molecule has 0 bridgehead atoms. The maximum Gasteiger partial charge on any atom is 0.446 e. The van der Waals surface area contributed by atoms with Crippen LogP contribution >= 0.6 is 11.8 Å². The first-order valence-electron chi connectivity index (χ1n) is 4.93. The fraction of sp³-hybridized carbons (Fsp3) is 0.273. The molecule has 0 atom stereocenters. The summed E-state index contributed by atoms with van der Waals surface area (Å²) in [5, 5.41) is 8.85. The minimum absolute atomic E-state index is 0.00176. The number of nitrogens with zero attached hydrogens (tertiary/aromatic N) is 1. The van der Waals surface area contributed by atoms with Crippen molar-refractivity contribution in [3.63, 3.8) is 0 Å². The molecule has 0 radical (unpaired) electrons. The maximum atomic E-state index is 12.4. The second kappa shape index (κ2) is 5.95. The lowest BCUT2D eigenvalue weighted by atomic mass is 10.0. The number of hydrogen-bond donors (Lipinski definition) is 1. The quantitative estimate of drug-likeness (QED) is 0.683. The average molecular weight is 290 g/mol. The zero-order valence-electron chi connectivity index (χ0n) is 9.75. The molecule has 0 spiro atoms. The van der Waals surface area contributed by atoms with Crippen molar-refractivity contribution in [3.8, 4) is 6.07 Å². The summed E-state index contributed by atoms with van der Waals surface area (Å²) in [4.78, 5) is 11.1. The van der Waals surface area contributed by atoms with Crippen LogP contribution in [0.15, 0.2) is 17.0 Å². The molecule has 0 aliphatic heterocycles. The molecule has 8 heteroatoms. The molecule has 0 aliphatic rings. The molecule has 19 heavy (non-hydrogen) atoms. The van der Waals surface area contributed by atoms with Crippen LogP contribution in [0.2, 0.25) is 0 Å². The fourth-order valence-corrected chi connectivity index (χ4v) is 2.05. The Labute approximate surface area is 111 Å². The molecule has 1 rings (SSSR count). The van der Waals surface area contributed by atoms with E-state index in [2.05, 4.69) is 4.74 Å². The summed E-state index contributed by atoms with van der Waals surface area (Å²) in [7, 11) is 1.06. The highest BCUT2D eigenvalue weighted by Crippen LogP contribution is 2.39. The number of carbonyl (C=O) groups is 1. The number of nitrogens with two attached hydrogens (primary N) is 1. The number of methoxy groups -OCH3 is 1. The predicted molar refractivity (Wildman–Crippen MR) is 62.3 cm³/mol. The molecule has 1 aromatic rings. The van der Waals surface area contributed by atoms with Gasteiger partial charge in [-0.1, -0.05) is 0 Å². The summed E-state index contributed by atoms with van der Waals surface area (Å²) < 4.78 is 41.7. The van der Waals surface area contributed by atoms with Crippen LogP contribution in [0.25, 0.3) is 0 Å². The normalized spacial score (nSPS) is 10.9.